The van der Waals surface area contributed by atoms with Crippen LogP contribution < -0.4 is 5.56 Å². The van der Waals surface area contributed by atoms with Gasteiger partial charge in [0.25, 0.3) is 5.56 Å². The lowest BCUT2D eigenvalue weighted by molar-refractivity contribution is 0.443. The van der Waals surface area contributed by atoms with Crippen LogP contribution in [0.4, 0.5) is 0 Å². The Morgan fingerprint density at radius 2 is 1.75 bits per heavy atom. The molecule has 0 bridgehead atoms. The van der Waals surface area contributed by atoms with Gasteiger partial charge in [-0.15, -0.1) is 0 Å². The maximum absolute atomic E-state index is 13.2. The van der Waals surface area contributed by atoms with Crippen LogP contribution >= 0.6 is 11.8 Å². The first-order valence-electron chi connectivity index (χ1n) is 9.67. The zero-order valence-electron chi connectivity index (χ0n) is 16.3. The first kappa shape index (κ1) is 19.7. The fourth-order valence-corrected chi connectivity index (χ4v) is 6.86. The van der Waals surface area contributed by atoms with Crippen LogP contribution in [0.1, 0.15) is 29.5 Å². The smallest absolute Gasteiger partial charge is 0.268 e. The van der Waals surface area contributed by atoms with E-state index in [0.717, 1.165) is 65.1 Å². The number of aryl methyl sites for hydroxylation is 2. The Labute approximate surface area is 170 Å². The molecule has 0 unspecified atom stereocenters. The van der Waals surface area contributed by atoms with Gasteiger partial charge < -0.3 is 0 Å². The van der Waals surface area contributed by atoms with Crippen LogP contribution in [-0.2, 0) is 29.9 Å². The molecule has 0 spiro atoms. The molecule has 8 heteroatoms. The van der Waals surface area contributed by atoms with Crippen molar-refractivity contribution in [2.45, 2.75) is 37.5 Å². The molecule has 2 aromatic rings. The summed E-state index contributed by atoms with van der Waals surface area (Å²) in [5, 5.41) is 4.51. The molecule has 0 radical (unpaired) electrons. The molecular formula is C20H25N3O3S2. The molecule has 1 aromatic heterocycles. The normalized spacial score (nSPS) is 18.1. The molecule has 1 aliphatic carbocycles. The third kappa shape index (κ3) is 3.42. The molecule has 0 atom stereocenters. The Bertz CT molecular complexity index is 1070. The van der Waals surface area contributed by atoms with Crippen LogP contribution in [0.2, 0.25) is 0 Å². The topological polar surface area (TPSA) is 72.3 Å². The first-order chi connectivity index (χ1) is 13.4. The van der Waals surface area contributed by atoms with Gasteiger partial charge in [0.2, 0.25) is 10.0 Å². The minimum atomic E-state index is -3.54. The molecule has 28 heavy (non-hydrogen) atoms. The van der Waals surface area contributed by atoms with Crippen molar-refractivity contribution in [1.29, 1.82) is 0 Å². The van der Waals surface area contributed by atoms with Gasteiger partial charge in [0.05, 0.1) is 10.6 Å². The largest absolute Gasteiger partial charge is 0.269 e. The number of nitrogens with zero attached hydrogens (tertiary/aromatic N) is 3. The summed E-state index contributed by atoms with van der Waals surface area (Å²) in [7, 11) is -1.87. The minimum Gasteiger partial charge on any atom is -0.268 e. The predicted octanol–water partition coefficient (Wildman–Crippen LogP) is 2.37. The van der Waals surface area contributed by atoms with Crippen molar-refractivity contribution >= 4 is 21.8 Å². The van der Waals surface area contributed by atoms with Crippen LogP contribution in [0.3, 0.4) is 0 Å². The lowest BCUT2D eigenvalue weighted by Crippen LogP contribution is -2.38. The Morgan fingerprint density at radius 1 is 1.07 bits per heavy atom. The molecule has 0 saturated carbocycles. The monoisotopic (exact) mass is 419 g/mol. The number of aromatic nitrogens is 2. The van der Waals surface area contributed by atoms with Gasteiger partial charge >= 0.3 is 0 Å². The van der Waals surface area contributed by atoms with Crippen molar-refractivity contribution < 1.29 is 8.42 Å². The number of hydrogen-bond acceptors (Lipinski definition) is 5. The first-order valence-corrected chi connectivity index (χ1v) is 12.3. The molecular weight excluding hydrogens is 394 g/mol. The predicted molar refractivity (Wildman–Crippen MR) is 112 cm³/mol. The summed E-state index contributed by atoms with van der Waals surface area (Å²) in [6.07, 6.45) is 3.61. The van der Waals surface area contributed by atoms with Gasteiger partial charge in [-0.05, 0) is 49.8 Å². The average Bonchev–Trinajstić information content (AvgIpc) is 2.72. The van der Waals surface area contributed by atoms with Crippen LogP contribution in [-0.4, -0.2) is 47.1 Å². The van der Waals surface area contributed by atoms with Gasteiger partial charge in [0.1, 0.15) is 0 Å². The maximum atomic E-state index is 13.2. The highest BCUT2D eigenvalue weighted by Crippen LogP contribution is 2.31. The summed E-state index contributed by atoms with van der Waals surface area (Å²) in [6.45, 7) is 2.92. The molecule has 6 nitrogen and oxygen atoms in total. The van der Waals surface area contributed by atoms with Crippen molar-refractivity contribution in [3.8, 4) is 11.3 Å². The number of benzene rings is 1. The highest BCUT2D eigenvalue weighted by molar-refractivity contribution is 7.99. The average molecular weight is 420 g/mol. The number of thioether (sulfide) groups is 1. The molecule has 1 aliphatic heterocycles. The molecule has 0 amide bonds. The van der Waals surface area contributed by atoms with Crippen molar-refractivity contribution in [3.63, 3.8) is 0 Å². The Morgan fingerprint density at radius 3 is 2.46 bits per heavy atom. The second kappa shape index (κ2) is 7.65. The summed E-state index contributed by atoms with van der Waals surface area (Å²) in [5.74, 6) is 1.65. The van der Waals surface area contributed by atoms with E-state index in [1.807, 2.05) is 19.1 Å². The third-order valence-electron chi connectivity index (χ3n) is 5.61. The lowest BCUT2D eigenvalue weighted by atomic mass is 9.89. The standard InChI is InChI=1S/C20H25N3O3S2/c1-14-7-8-15(13-18(14)28(25,26)23-9-11-27-12-10-23)19-16-5-3-4-6-17(16)20(24)22(2)21-19/h7-8,13H,3-6,9-12H2,1-2H3. The molecule has 1 fully saturated rings. The van der Waals surface area contributed by atoms with E-state index in [0.29, 0.717) is 18.0 Å². The number of hydrogen-bond donors (Lipinski definition) is 0. The van der Waals surface area contributed by atoms with Crippen LogP contribution in [0, 0.1) is 6.92 Å². The Kier molecular flexibility index (Phi) is 5.37. The lowest BCUT2D eigenvalue weighted by Gasteiger charge is -2.26. The van der Waals surface area contributed by atoms with Crippen molar-refractivity contribution in [2.24, 2.45) is 7.05 Å². The van der Waals surface area contributed by atoms with E-state index in [1.54, 1.807) is 29.2 Å². The number of sulfonamides is 1. The second-order valence-corrected chi connectivity index (χ2v) is 10.6. The molecule has 1 aromatic carbocycles. The van der Waals surface area contributed by atoms with Crippen molar-refractivity contribution in [3.05, 3.63) is 45.2 Å². The van der Waals surface area contributed by atoms with Gasteiger partial charge in [-0.3, -0.25) is 4.79 Å². The van der Waals surface area contributed by atoms with Crippen LogP contribution in [0.5, 0.6) is 0 Å². The zero-order chi connectivity index (χ0) is 19.9. The van der Waals surface area contributed by atoms with Crippen LogP contribution in [0.15, 0.2) is 27.9 Å². The van der Waals surface area contributed by atoms with Crippen LogP contribution in [0.25, 0.3) is 11.3 Å². The SMILES string of the molecule is Cc1ccc(-c2nn(C)c(=O)c3c2CCCC3)cc1S(=O)(=O)N1CCSCC1. The van der Waals surface area contributed by atoms with Gasteiger partial charge in [-0.25, -0.2) is 13.1 Å². The molecule has 2 heterocycles. The molecule has 0 N–H and O–H groups in total. The van der Waals surface area contributed by atoms with Crippen molar-refractivity contribution in [1.82, 2.24) is 14.1 Å². The fourth-order valence-electron chi connectivity index (χ4n) is 4.04. The minimum absolute atomic E-state index is 0.0378. The van der Waals surface area contributed by atoms with Crippen molar-refractivity contribution in [2.75, 3.05) is 24.6 Å². The second-order valence-electron chi connectivity index (χ2n) is 7.44. The number of rotatable bonds is 3. The van der Waals surface area contributed by atoms with E-state index >= 15 is 0 Å². The van der Waals surface area contributed by atoms with Gasteiger partial charge in [0, 0.05) is 42.8 Å². The van der Waals surface area contributed by atoms with E-state index in [1.165, 1.54) is 4.68 Å². The summed E-state index contributed by atoms with van der Waals surface area (Å²) in [6, 6.07) is 5.51. The molecule has 1 saturated heterocycles. The molecule has 4 rings (SSSR count). The summed E-state index contributed by atoms with van der Waals surface area (Å²) in [5.41, 5.74) is 4.02. The quantitative estimate of drug-likeness (QED) is 0.764. The maximum Gasteiger partial charge on any atom is 0.269 e. The Hall–Kier alpha value is -1.64. The van der Waals surface area contributed by atoms with Gasteiger partial charge in [0.15, 0.2) is 0 Å². The third-order valence-corrected chi connectivity index (χ3v) is 8.59. The van der Waals surface area contributed by atoms with E-state index in [-0.39, 0.29) is 5.56 Å². The zero-order valence-corrected chi connectivity index (χ0v) is 17.9. The van der Waals surface area contributed by atoms with E-state index < -0.39 is 10.0 Å². The summed E-state index contributed by atoms with van der Waals surface area (Å²) >= 11 is 1.78. The van der Waals surface area contributed by atoms with Gasteiger partial charge in [-0.2, -0.15) is 21.2 Å². The van der Waals surface area contributed by atoms with Gasteiger partial charge in [-0.1, -0.05) is 12.1 Å². The highest BCUT2D eigenvalue weighted by Gasteiger charge is 2.29. The van der Waals surface area contributed by atoms with E-state index in [2.05, 4.69) is 5.10 Å². The van der Waals surface area contributed by atoms with E-state index in [9.17, 15) is 13.2 Å². The number of fused-ring (bicyclic) bond motifs is 1. The molecule has 150 valence electrons. The Balaban J connectivity index is 1.84. The fraction of sp³-hybridized carbons (Fsp3) is 0.500. The molecule has 2 aliphatic rings. The summed E-state index contributed by atoms with van der Waals surface area (Å²) < 4.78 is 29.5. The summed E-state index contributed by atoms with van der Waals surface area (Å²) in [4.78, 5) is 12.8. The highest BCUT2D eigenvalue weighted by atomic mass is 32.2. The van der Waals surface area contributed by atoms with E-state index in [4.69, 9.17) is 0 Å².